The van der Waals surface area contributed by atoms with Crippen LogP contribution in [-0.4, -0.2) is 23.2 Å². The molecule has 1 rings (SSSR count). The Kier molecular flexibility index (Phi) is 2.51. The lowest BCUT2D eigenvalue weighted by Gasteiger charge is -2.09. The highest BCUT2D eigenvalue weighted by atomic mass is 16.5. The fraction of sp³-hybridized carbons (Fsp3) is 0.333. The summed E-state index contributed by atoms with van der Waals surface area (Å²) in [5.74, 6) is -0.441. The van der Waals surface area contributed by atoms with Gasteiger partial charge in [-0.05, 0) is 13.8 Å². The average Bonchev–Trinajstić information content (AvgIpc) is 2.04. The van der Waals surface area contributed by atoms with Gasteiger partial charge in [0, 0.05) is 17.3 Å². The zero-order valence-electron chi connectivity index (χ0n) is 7.79. The minimum atomic E-state index is -1.03. The van der Waals surface area contributed by atoms with Crippen molar-refractivity contribution in [1.82, 2.24) is 4.98 Å². The van der Waals surface area contributed by atoms with Crippen molar-refractivity contribution in [2.75, 3.05) is 7.11 Å². The third-order valence-corrected chi connectivity index (χ3v) is 1.85. The number of aromatic carboxylic acids is 1. The second-order valence-corrected chi connectivity index (χ2v) is 2.75. The molecule has 13 heavy (non-hydrogen) atoms. The summed E-state index contributed by atoms with van der Waals surface area (Å²) in [4.78, 5) is 14.5. The van der Waals surface area contributed by atoms with Gasteiger partial charge in [0.05, 0.1) is 7.11 Å². The first-order valence-corrected chi connectivity index (χ1v) is 3.81. The molecule has 4 nitrogen and oxygen atoms in total. The molecule has 0 aliphatic heterocycles. The molecule has 1 aromatic rings. The van der Waals surface area contributed by atoms with Gasteiger partial charge < -0.3 is 9.84 Å². The normalized spacial score (nSPS) is 9.77. The fourth-order valence-corrected chi connectivity index (χ4v) is 1.25. The van der Waals surface area contributed by atoms with Crippen LogP contribution in [0.4, 0.5) is 0 Å². The van der Waals surface area contributed by atoms with E-state index in [4.69, 9.17) is 9.84 Å². The predicted octanol–water partition coefficient (Wildman–Crippen LogP) is 1.41. The van der Waals surface area contributed by atoms with Crippen LogP contribution in [0, 0.1) is 13.8 Å². The molecule has 0 bridgehead atoms. The Morgan fingerprint density at radius 3 is 2.62 bits per heavy atom. The molecule has 0 radical (unpaired) electrons. The second-order valence-electron chi connectivity index (χ2n) is 2.75. The van der Waals surface area contributed by atoms with E-state index in [0.29, 0.717) is 11.3 Å². The quantitative estimate of drug-likeness (QED) is 0.749. The number of carboxylic acids is 1. The van der Waals surface area contributed by atoms with E-state index in [2.05, 4.69) is 4.98 Å². The summed E-state index contributed by atoms with van der Waals surface area (Å²) in [6.45, 7) is 3.51. The third kappa shape index (κ3) is 1.61. The molecule has 1 heterocycles. The van der Waals surface area contributed by atoms with Crippen molar-refractivity contribution >= 4 is 5.97 Å². The molecule has 0 aliphatic rings. The number of rotatable bonds is 2. The van der Waals surface area contributed by atoms with Crippen molar-refractivity contribution in [2.45, 2.75) is 13.8 Å². The number of ether oxygens (including phenoxy) is 1. The van der Waals surface area contributed by atoms with Gasteiger partial charge in [0.2, 0.25) is 0 Å². The smallest absolute Gasteiger partial charge is 0.354 e. The van der Waals surface area contributed by atoms with Crippen molar-refractivity contribution in [3.05, 3.63) is 23.0 Å². The minimum Gasteiger partial charge on any atom is -0.496 e. The molecule has 0 amide bonds. The summed E-state index contributed by atoms with van der Waals surface area (Å²) in [5, 5.41) is 8.76. The van der Waals surface area contributed by atoms with Crippen LogP contribution >= 0.6 is 0 Å². The van der Waals surface area contributed by atoms with Crippen LogP contribution in [0.3, 0.4) is 0 Å². The van der Waals surface area contributed by atoms with Gasteiger partial charge in [0.15, 0.2) is 5.69 Å². The average molecular weight is 181 g/mol. The van der Waals surface area contributed by atoms with Crippen molar-refractivity contribution in [1.29, 1.82) is 0 Å². The van der Waals surface area contributed by atoms with Gasteiger partial charge in [-0.2, -0.15) is 0 Å². The van der Waals surface area contributed by atoms with E-state index in [1.807, 2.05) is 6.92 Å². The first kappa shape index (κ1) is 9.51. The number of hydrogen-bond donors (Lipinski definition) is 1. The lowest BCUT2D eigenvalue weighted by Crippen LogP contribution is -2.05. The van der Waals surface area contributed by atoms with E-state index >= 15 is 0 Å². The Labute approximate surface area is 76.2 Å². The van der Waals surface area contributed by atoms with Crippen LogP contribution in [0.1, 0.15) is 21.6 Å². The van der Waals surface area contributed by atoms with Gasteiger partial charge >= 0.3 is 5.97 Å². The molecule has 4 heteroatoms. The molecule has 0 unspecified atom stereocenters. The van der Waals surface area contributed by atoms with Crippen molar-refractivity contribution < 1.29 is 14.6 Å². The number of aromatic nitrogens is 1. The fourth-order valence-electron chi connectivity index (χ4n) is 1.25. The summed E-state index contributed by atoms with van der Waals surface area (Å²) in [5.41, 5.74) is 1.45. The van der Waals surface area contributed by atoms with Gasteiger partial charge in [-0.25, -0.2) is 9.78 Å². The zero-order valence-corrected chi connectivity index (χ0v) is 7.79. The largest absolute Gasteiger partial charge is 0.496 e. The van der Waals surface area contributed by atoms with Crippen molar-refractivity contribution in [3.63, 3.8) is 0 Å². The summed E-state index contributed by atoms with van der Waals surface area (Å²) in [6, 6.07) is 0. The first-order valence-electron chi connectivity index (χ1n) is 3.81. The standard InChI is InChI=1S/C9H11NO3/c1-5-4-10-7(9(11)12)6(2)8(5)13-3/h4H,1-3H3,(H,11,12). The maximum absolute atomic E-state index is 10.7. The Balaban J connectivity index is 3.35. The van der Waals surface area contributed by atoms with E-state index in [0.717, 1.165) is 5.56 Å². The number of methoxy groups -OCH3 is 1. The van der Waals surface area contributed by atoms with E-state index in [-0.39, 0.29) is 5.69 Å². The summed E-state index contributed by atoms with van der Waals surface area (Å²) in [7, 11) is 1.51. The molecule has 0 saturated carbocycles. The second kappa shape index (κ2) is 3.43. The molecule has 0 atom stereocenters. The Bertz CT molecular complexity index is 347. The van der Waals surface area contributed by atoms with Crippen LogP contribution in [0.15, 0.2) is 6.20 Å². The molecule has 0 saturated heterocycles. The van der Waals surface area contributed by atoms with Crippen molar-refractivity contribution in [2.24, 2.45) is 0 Å². The number of aryl methyl sites for hydroxylation is 1. The van der Waals surface area contributed by atoms with Crippen LogP contribution in [0.25, 0.3) is 0 Å². The van der Waals surface area contributed by atoms with Gasteiger partial charge in [0.1, 0.15) is 5.75 Å². The lowest BCUT2D eigenvalue weighted by molar-refractivity contribution is 0.0689. The molecule has 1 aromatic heterocycles. The number of carboxylic acid groups (broad SMARTS) is 1. The molecule has 0 fully saturated rings. The Morgan fingerprint density at radius 1 is 1.54 bits per heavy atom. The summed E-state index contributed by atoms with van der Waals surface area (Å²) in [6.07, 6.45) is 1.50. The van der Waals surface area contributed by atoms with E-state index in [9.17, 15) is 4.79 Å². The minimum absolute atomic E-state index is 0.0439. The highest BCUT2D eigenvalue weighted by Gasteiger charge is 2.14. The maximum Gasteiger partial charge on any atom is 0.354 e. The topological polar surface area (TPSA) is 59.4 Å². The van der Waals surface area contributed by atoms with Gasteiger partial charge in [-0.15, -0.1) is 0 Å². The zero-order chi connectivity index (χ0) is 10.0. The molecule has 0 aliphatic carbocycles. The van der Waals surface area contributed by atoms with Crippen LogP contribution in [-0.2, 0) is 0 Å². The molecule has 0 aromatic carbocycles. The lowest BCUT2D eigenvalue weighted by atomic mass is 10.1. The molecule has 70 valence electrons. The SMILES string of the molecule is COc1c(C)cnc(C(=O)O)c1C. The summed E-state index contributed by atoms with van der Waals surface area (Å²) >= 11 is 0. The Morgan fingerprint density at radius 2 is 2.15 bits per heavy atom. The number of carbonyl (C=O) groups is 1. The van der Waals surface area contributed by atoms with Gasteiger partial charge in [-0.3, -0.25) is 0 Å². The van der Waals surface area contributed by atoms with E-state index < -0.39 is 5.97 Å². The number of pyridine rings is 1. The molecular formula is C9H11NO3. The van der Waals surface area contributed by atoms with Gasteiger partial charge in [0.25, 0.3) is 0 Å². The highest BCUT2D eigenvalue weighted by molar-refractivity contribution is 5.87. The maximum atomic E-state index is 10.7. The highest BCUT2D eigenvalue weighted by Crippen LogP contribution is 2.23. The van der Waals surface area contributed by atoms with Crippen molar-refractivity contribution in [3.8, 4) is 5.75 Å². The summed E-state index contributed by atoms with van der Waals surface area (Å²) < 4.78 is 5.06. The molecule has 1 N–H and O–H groups in total. The molecule has 0 spiro atoms. The van der Waals surface area contributed by atoms with E-state index in [1.165, 1.54) is 13.3 Å². The first-order chi connectivity index (χ1) is 6.07. The van der Waals surface area contributed by atoms with E-state index in [1.54, 1.807) is 6.92 Å². The predicted molar refractivity (Wildman–Crippen MR) is 47.2 cm³/mol. The monoisotopic (exact) mass is 181 g/mol. The van der Waals surface area contributed by atoms with Crippen LogP contribution in [0.5, 0.6) is 5.75 Å². The van der Waals surface area contributed by atoms with Crippen LogP contribution < -0.4 is 4.74 Å². The van der Waals surface area contributed by atoms with Crippen LogP contribution in [0.2, 0.25) is 0 Å². The number of nitrogens with zero attached hydrogens (tertiary/aromatic N) is 1. The number of hydrogen-bond acceptors (Lipinski definition) is 3. The van der Waals surface area contributed by atoms with Gasteiger partial charge in [-0.1, -0.05) is 0 Å². The molecular weight excluding hydrogens is 170 g/mol. The third-order valence-electron chi connectivity index (χ3n) is 1.85. The Hall–Kier alpha value is -1.58.